The van der Waals surface area contributed by atoms with Crippen LogP contribution in [0.5, 0.6) is 5.88 Å². The molecule has 2 unspecified atom stereocenters. The second kappa shape index (κ2) is 11.4. The lowest BCUT2D eigenvalue weighted by Crippen LogP contribution is -2.59. The van der Waals surface area contributed by atoms with E-state index in [2.05, 4.69) is 20.5 Å². The number of amides is 2. The molecule has 0 saturated carbocycles. The Kier molecular flexibility index (Phi) is 8.20. The Morgan fingerprint density at radius 1 is 1.10 bits per heavy atom. The molecule has 14 heteroatoms. The molecule has 3 aliphatic heterocycles. The molecule has 0 spiro atoms. The maximum Gasteiger partial charge on any atom is 0.404 e. The summed E-state index contributed by atoms with van der Waals surface area (Å²) in [5, 5.41) is 9.72. The van der Waals surface area contributed by atoms with Gasteiger partial charge in [0.15, 0.2) is 5.82 Å². The van der Waals surface area contributed by atoms with Gasteiger partial charge in [-0.15, -0.1) is 0 Å². The van der Waals surface area contributed by atoms with Crippen molar-refractivity contribution >= 4 is 11.8 Å². The number of hydrogen-bond acceptors (Lipinski definition) is 6. The summed E-state index contributed by atoms with van der Waals surface area (Å²) in [4.78, 5) is 33.4. The predicted molar refractivity (Wildman–Crippen MR) is 142 cm³/mol. The lowest BCUT2D eigenvalue weighted by Gasteiger charge is -2.43. The number of piperidine rings is 2. The fourth-order valence-electron chi connectivity index (χ4n) is 6.67. The fourth-order valence-corrected chi connectivity index (χ4v) is 6.67. The van der Waals surface area contributed by atoms with Crippen LogP contribution >= 0.6 is 0 Å². The quantitative estimate of drug-likeness (QED) is 0.462. The van der Waals surface area contributed by atoms with E-state index in [1.165, 1.54) is 33.1 Å². The average molecular weight is 599 g/mol. The maximum atomic E-state index is 14.4. The van der Waals surface area contributed by atoms with Gasteiger partial charge >= 0.3 is 6.18 Å². The van der Waals surface area contributed by atoms with Crippen LogP contribution in [0.4, 0.5) is 22.0 Å². The highest BCUT2D eigenvalue weighted by molar-refractivity contribution is 5.94. The number of aromatic nitrogens is 3. The number of nitrogens with one attached hydrogen (secondary N) is 2. The van der Waals surface area contributed by atoms with Gasteiger partial charge in [0.05, 0.1) is 19.0 Å². The number of alkyl halides is 4. The van der Waals surface area contributed by atoms with E-state index in [0.29, 0.717) is 25.7 Å². The van der Waals surface area contributed by atoms with E-state index in [9.17, 15) is 31.5 Å². The van der Waals surface area contributed by atoms with Gasteiger partial charge in [0.1, 0.15) is 17.4 Å². The Bertz CT molecular complexity index is 1300. The number of carbonyl (C=O) groups is 2. The molecule has 2 aromatic rings. The fraction of sp³-hybridized carbons (Fsp3) is 0.643. The number of hydrogen-bond donors (Lipinski definition) is 2. The molecule has 2 N–H and O–H groups in total. The van der Waals surface area contributed by atoms with Crippen LogP contribution in [0, 0.1) is 11.7 Å². The first kappa shape index (κ1) is 30.2. The normalized spacial score (nSPS) is 26.8. The molecule has 2 aromatic heterocycles. The van der Waals surface area contributed by atoms with Crippen molar-refractivity contribution in [1.82, 2.24) is 30.3 Å². The van der Waals surface area contributed by atoms with E-state index in [-0.39, 0.29) is 72.7 Å². The molecule has 2 bridgehead atoms. The number of fused-ring (bicyclic) bond motifs is 2. The third-order valence-electron chi connectivity index (χ3n) is 8.45. The summed E-state index contributed by atoms with van der Waals surface area (Å²) in [6.45, 7) is 2.02. The van der Waals surface area contributed by atoms with Crippen LogP contribution in [0.3, 0.4) is 0 Å². The molecular weight excluding hydrogens is 563 g/mol. The zero-order valence-electron chi connectivity index (χ0n) is 23.7. The van der Waals surface area contributed by atoms with E-state index in [1.54, 1.807) is 4.90 Å². The number of rotatable bonds is 7. The number of methoxy groups -OCH3 is 1. The van der Waals surface area contributed by atoms with Crippen LogP contribution in [0.15, 0.2) is 18.3 Å². The van der Waals surface area contributed by atoms with Gasteiger partial charge in [-0.2, -0.15) is 18.3 Å². The molecule has 0 aromatic carbocycles. The first-order chi connectivity index (χ1) is 19.7. The molecule has 9 nitrogen and oxygen atoms in total. The largest absolute Gasteiger partial charge is 0.481 e. The monoisotopic (exact) mass is 598 g/mol. The van der Waals surface area contributed by atoms with E-state index < -0.39 is 35.7 Å². The molecule has 3 aliphatic rings. The van der Waals surface area contributed by atoms with E-state index in [4.69, 9.17) is 4.74 Å². The first-order valence-electron chi connectivity index (χ1n) is 14.1. The van der Waals surface area contributed by atoms with Crippen LogP contribution in [0.25, 0.3) is 11.3 Å². The number of carbonyl (C=O) groups excluding carboxylic acids is 2. The zero-order chi connectivity index (χ0) is 30.4. The Labute approximate surface area is 240 Å². The van der Waals surface area contributed by atoms with Crippen LogP contribution in [-0.4, -0.2) is 93.0 Å². The molecule has 0 aliphatic carbocycles. The number of pyridine rings is 1. The molecule has 42 heavy (non-hydrogen) atoms. The maximum absolute atomic E-state index is 14.4. The third-order valence-corrected chi connectivity index (χ3v) is 8.45. The standard InChI is InChI=1S/C28H35F5N6O3/c1-27(2,30)14-38-13-16(4-7-23(38)28(31,32)33)35-25(40)15-8-17-5-6-18(9-15)39(17)26(41)22-11-21(36-37-22)19-10-24(42-3)34-12-20(19)29/h10-12,15-18,23H,4-9,13-14H2,1-3H3,(H,35,40)(H,36,37)/t15?,16-,17?,18?,23+/m1/s1. The number of H-pyrrole nitrogens is 1. The second-order valence-corrected chi connectivity index (χ2v) is 12.1. The summed E-state index contributed by atoms with van der Waals surface area (Å²) in [6, 6.07) is 0.209. The first-order valence-corrected chi connectivity index (χ1v) is 14.1. The van der Waals surface area contributed by atoms with Crippen molar-refractivity contribution in [2.24, 2.45) is 5.92 Å². The van der Waals surface area contributed by atoms with Gasteiger partial charge in [0.25, 0.3) is 5.91 Å². The van der Waals surface area contributed by atoms with Crippen molar-refractivity contribution in [3.8, 4) is 17.1 Å². The molecular formula is C28H35F5N6O3. The van der Waals surface area contributed by atoms with Crippen molar-refractivity contribution in [3.63, 3.8) is 0 Å². The lowest BCUT2D eigenvalue weighted by molar-refractivity contribution is -0.196. The summed E-state index contributed by atoms with van der Waals surface area (Å²) in [5.41, 5.74) is -1.27. The Balaban J connectivity index is 1.22. The van der Waals surface area contributed by atoms with E-state index >= 15 is 0 Å². The number of ether oxygens (including phenoxy) is 1. The second-order valence-electron chi connectivity index (χ2n) is 12.1. The predicted octanol–water partition coefficient (Wildman–Crippen LogP) is 4.26. The van der Waals surface area contributed by atoms with Gasteiger partial charge in [-0.25, -0.2) is 13.8 Å². The minimum Gasteiger partial charge on any atom is -0.481 e. The SMILES string of the molecule is COc1cc(-c2cc(C(=O)N3C4CCC3CC(C(=O)N[C@@H]3CC[C@@H](C(F)(F)F)N(CC(C)(C)F)C3)C4)[nH]n2)c(F)cn1. The molecule has 3 saturated heterocycles. The smallest absolute Gasteiger partial charge is 0.404 e. The summed E-state index contributed by atoms with van der Waals surface area (Å²) >= 11 is 0. The average Bonchev–Trinajstić information content (AvgIpc) is 3.49. The Morgan fingerprint density at radius 3 is 2.40 bits per heavy atom. The van der Waals surface area contributed by atoms with Crippen molar-refractivity contribution in [2.45, 2.75) is 88.4 Å². The molecule has 4 atom stereocenters. The number of halogens is 5. The summed E-state index contributed by atoms with van der Waals surface area (Å²) in [5.74, 6) is -1.35. The molecule has 3 fully saturated rings. The van der Waals surface area contributed by atoms with Crippen LogP contribution < -0.4 is 10.1 Å². The van der Waals surface area contributed by atoms with E-state index in [1.807, 2.05) is 0 Å². The van der Waals surface area contributed by atoms with Crippen molar-refractivity contribution < 1.29 is 36.3 Å². The van der Waals surface area contributed by atoms with Crippen molar-refractivity contribution in [3.05, 3.63) is 29.8 Å². The van der Waals surface area contributed by atoms with Gasteiger partial charge in [-0.05, 0) is 58.4 Å². The molecule has 2 amide bonds. The highest BCUT2D eigenvalue weighted by Gasteiger charge is 2.49. The summed E-state index contributed by atoms with van der Waals surface area (Å²) in [7, 11) is 1.41. The van der Waals surface area contributed by atoms with E-state index in [0.717, 1.165) is 11.1 Å². The molecule has 5 rings (SSSR count). The topological polar surface area (TPSA) is 103 Å². The minimum atomic E-state index is -4.48. The third kappa shape index (κ3) is 6.37. The van der Waals surface area contributed by atoms with Crippen molar-refractivity contribution in [2.75, 3.05) is 20.2 Å². The highest BCUT2D eigenvalue weighted by atomic mass is 19.4. The van der Waals surface area contributed by atoms with Crippen molar-refractivity contribution in [1.29, 1.82) is 0 Å². The summed E-state index contributed by atoms with van der Waals surface area (Å²) < 4.78 is 74.5. The lowest BCUT2D eigenvalue weighted by atomic mass is 9.88. The van der Waals surface area contributed by atoms with Gasteiger partial charge in [-0.1, -0.05) is 0 Å². The zero-order valence-corrected chi connectivity index (χ0v) is 23.7. The van der Waals surface area contributed by atoms with Gasteiger partial charge < -0.3 is 15.0 Å². The number of aromatic amines is 1. The van der Waals surface area contributed by atoms with Gasteiger partial charge in [-0.3, -0.25) is 19.6 Å². The molecule has 5 heterocycles. The number of likely N-dealkylation sites (tertiary alicyclic amines) is 1. The van der Waals surface area contributed by atoms with Crippen LogP contribution in [-0.2, 0) is 4.79 Å². The van der Waals surface area contributed by atoms with Gasteiger partial charge in [0, 0.05) is 48.8 Å². The van der Waals surface area contributed by atoms with Crippen LogP contribution in [0.2, 0.25) is 0 Å². The minimum absolute atomic E-state index is 0.0838. The molecule has 0 radical (unpaired) electrons. The van der Waals surface area contributed by atoms with Gasteiger partial charge in [0.2, 0.25) is 11.8 Å². The molecule has 230 valence electrons. The van der Waals surface area contributed by atoms with Crippen LogP contribution in [0.1, 0.15) is 62.9 Å². The number of nitrogens with zero attached hydrogens (tertiary/aromatic N) is 4. The Morgan fingerprint density at radius 2 is 1.79 bits per heavy atom. The highest BCUT2D eigenvalue weighted by Crippen LogP contribution is 2.40. The summed E-state index contributed by atoms with van der Waals surface area (Å²) in [6.07, 6.45) is -1.26. The Hall–Kier alpha value is -3.29.